The number of anilines is 1. The normalized spacial score (nSPS) is 13.6. The molecule has 3 aromatic rings. The zero-order valence-electron chi connectivity index (χ0n) is 16.0. The van der Waals surface area contributed by atoms with Crippen LogP contribution < -0.4 is 10.1 Å². The molecule has 1 N–H and O–H groups in total. The third-order valence-electron chi connectivity index (χ3n) is 4.87. The standard InChI is InChI=1S/C21H19N5O3/c1-13-18(21(28)25-10-15(9-22)11-25)12-26-20(13)19(7-8-23-26)29-17-5-3-16(4-6-17)24-14(2)27/h3-8,12,15H,10-11H2,1-2H3,(H,24,27). The lowest BCUT2D eigenvalue weighted by molar-refractivity contribution is -0.114. The van der Waals surface area contributed by atoms with Crippen molar-refractivity contribution in [2.45, 2.75) is 13.8 Å². The van der Waals surface area contributed by atoms with Gasteiger partial charge in [0.2, 0.25) is 5.91 Å². The van der Waals surface area contributed by atoms with Gasteiger partial charge in [-0.3, -0.25) is 9.59 Å². The van der Waals surface area contributed by atoms with Gasteiger partial charge < -0.3 is 15.0 Å². The molecule has 146 valence electrons. The smallest absolute Gasteiger partial charge is 0.255 e. The summed E-state index contributed by atoms with van der Waals surface area (Å²) in [4.78, 5) is 25.6. The number of aromatic nitrogens is 2. The molecule has 2 aromatic heterocycles. The number of likely N-dealkylation sites (tertiary alicyclic amines) is 1. The van der Waals surface area contributed by atoms with Crippen LogP contribution in [0.1, 0.15) is 22.8 Å². The molecule has 0 saturated carbocycles. The number of ether oxygens (including phenoxy) is 1. The minimum absolute atomic E-state index is 0.0891. The quantitative estimate of drug-likeness (QED) is 0.739. The second-order valence-corrected chi connectivity index (χ2v) is 7.00. The zero-order valence-corrected chi connectivity index (χ0v) is 16.0. The summed E-state index contributed by atoms with van der Waals surface area (Å²) in [6.07, 6.45) is 3.30. The van der Waals surface area contributed by atoms with E-state index in [-0.39, 0.29) is 17.7 Å². The van der Waals surface area contributed by atoms with Gasteiger partial charge in [-0.2, -0.15) is 10.4 Å². The molecule has 0 aliphatic carbocycles. The topological polar surface area (TPSA) is 99.7 Å². The number of rotatable bonds is 4. The average molecular weight is 389 g/mol. The van der Waals surface area contributed by atoms with E-state index >= 15 is 0 Å². The molecule has 29 heavy (non-hydrogen) atoms. The van der Waals surface area contributed by atoms with Crippen LogP contribution in [0.5, 0.6) is 11.5 Å². The highest BCUT2D eigenvalue weighted by molar-refractivity contribution is 5.99. The minimum Gasteiger partial charge on any atom is -0.455 e. The number of nitrogens with zero attached hydrogens (tertiary/aromatic N) is 4. The Bertz CT molecular complexity index is 1140. The number of carbonyl (C=O) groups excluding carboxylic acids is 2. The van der Waals surface area contributed by atoms with Crippen LogP contribution in [0.2, 0.25) is 0 Å². The molecule has 1 aliphatic heterocycles. The van der Waals surface area contributed by atoms with Gasteiger partial charge in [0.05, 0.1) is 23.7 Å². The summed E-state index contributed by atoms with van der Waals surface area (Å²) in [7, 11) is 0. The van der Waals surface area contributed by atoms with Crippen molar-refractivity contribution in [1.82, 2.24) is 14.5 Å². The Labute approximate surface area is 167 Å². The van der Waals surface area contributed by atoms with Gasteiger partial charge in [-0.05, 0) is 36.8 Å². The van der Waals surface area contributed by atoms with Crippen molar-refractivity contribution < 1.29 is 14.3 Å². The van der Waals surface area contributed by atoms with Gasteiger partial charge >= 0.3 is 0 Å². The van der Waals surface area contributed by atoms with E-state index < -0.39 is 0 Å². The molecule has 1 fully saturated rings. The molecule has 1 aromatic carbocycles. The van der Waals surface area contributed by atoms with E-state index in [9.17, 15) is 9.59 Å². The van der Waals surface area contributed by atoms with Gasteiger partial charge in [0.15, 0.2) is 5.75 Å². The second kappa shape index (κ2) is 7.28. The lowest BCUT2D eigenvalue weighted by Crippen LogP contribution is -2.49. The molecular formula is C21H19N5O3. The summed E-state index contributed by atoms with van der Waals surface area (Å²) in [6, 6.07) is 10.9. The maximum absolute atomic E-state index is 12.8. The predicted molar refractivity (Wildman–Crippen MR) is 106 cm³/mol. The maximum Gasteiger partial charge on any atom is 0.255 e. The van der Waals surface area contributed by atoms with Gasteiger partial charge in [-0.15, -0.1) is 0 Å². The Morgan fingerprint density at radius 1 is 1.24 bits per heavy atom. The fourth-order valence-corrected chi connectivity index (χ4v) is 3.35. The molecule has 1 saturated heterocycles. The van der Waals surface area contributed by atoms with Gasteiger partial charge in [0.1, 0.15) is 11.3 Å². The summed E-state index contributed by atoms with van der Waals surface area (Å²) in [5, 5.41) is 15.9. The van der Waals surface area contributed by atoms with E-state index in [1.54, 1.807) is 52.1 Å². The Kier molecular flexibility index (Phi) is 4.64. The van der Waals surface area contributed by atoms with Crippen molar-refractivity contribution in [3.63, 3.8) is 0 Å². The van der Waals surface area contributed by atoms with Gasteiger partial charge in [0.25, 0.3) is 5.91 Å². The number of carbonyl (C=O) groups is 2. The van der Waals surface area contributed by atoms with Crippen molar-refractivity contribution in [3.05, 3.63) is 53.9 Å². The van der Waals surface area contributed by atoms with E-state index in [2.05, 4.69) is 16.5 Å². The van der Waals surface area contributed by atoms with Crippen LogP contribution in [0.15, 0.2) is 42.7 Å². The molecule has 2 amide bonds. The Morgan fingerprint density at radius 2 is 1.97 bits per heavy atom. The van der Waals surface area contributed by atoms with Crippen molar-refractivity contribution in [3.8, 4) is 17.6 Å². The largest absolute Gasteiger partial charge is 0.455 e. The van der Waals surface area contributed by atoms with E-state index in [1.807, 2.05) is 6.92 Å². The fraction of sp³-hybridized carbons (Fsp3) is 0.238. The molecule has 0 radical (unpaired) electrons. The van der Waals surface area contributed by atoms with Crippen LogP contribution in [-0.4, -0.2) is 39.4 Å². The number of nitriles is 1. The number of amides is 2. The van der Waals surface area contributed by atoms with E-state index in [1.165, 1.54) is 6.92 Å². The highest BCUT2D eigenvalue weighted by Crippen LogP contribution is 2.31. The highest BCUT2D eigenvalue weighted by atomic mass is 16.5. The van der Waals surface area contributed by atoms with Gasteiger partial charge in [-0.25, -0.2) is 4.52 Å². The first-order valence-electron chi connectivity index (χ1n) is 9.17. The SMILES string of the molecule is CC(=O)Nc1ccc(Oc2ccnn3cc(C(=O)N4CC(C#N)C4)c(C)c23)cc1. The average Bonchev–Trinajstić information content (AvgIpc) is 3.00. The number of benzene rings is 1. The van der Waals surface area contributed by atoms with E-state index in [0.29, 0.717) is 41.4 Å². The van der Waals surface area contributed by atoms with Gasteiger partial charge in [0, 0.05) is 38.0 Å². The van der Waals surface area contributed by atoms with Crippen LogP contribution in [0.25, 0.3) is 5.52 Å². The predicted octanol–water partition coefficient (Wildman–Crippen LogP) is 2.99. The lowest BCUT2D eigenvalue weighted by Gasteiger charge is -2.35. The number of aryl methyl sites for hydroxylation is 1. The Morgan fingerprint density at radius 3 is 2.62 bits per heavy atom. The van der Waals surface area contributed by atoms with Crippen LogP contribution in [0.3, 0.4) is 0 Å². The maximum atomic E-state index is 12.8. The first kappa shape index (κ1) is 18.5. The highest BCUT2D eigenvalue weighted by Gasteiger charge is 2.32. The third-order valence-corrected chi connectivity index (χ3v) is 4.87. The second-order valence-electron chi connectivity index (χ2n) is 7.00. The van der Waals surface area contributed by atoms with Crippen molar-refractivity contribution in [2.24, 2.45) is 5.92 Å². The number of hydrogen-bond acceptors (Lipinski definition) is 5. The van der Waals surface area contributed by atoms with Crippen molar-refractivity contribution in [2.75, 3.05) is 18.4 Å². The van der Waals surface area contributed by atoms with Crippen LogP contribution >= 0.6 is 0 Å². The molecular weight excluding hydrogens is 370 g/mol. The molecule has 0 spiro atoms. The molecule has 0 bridgehead atoms. The molecule has 0 atom stereocenters. The Hall–Kier alpha value is -3.86. The first-order chi connectivity index (χ1) is 14.0. The zero-order chi connectivity index (χ0) is 20.5. The van der Waals surface area contributed by atoms with Crippen LogP contribution in [0, 0.1) is 24.2 Å². The summed E-state index contributed by atoms with van der Waals surface area (Å²) >= 11 is 0. The fourth-order valence-electron chi connectivity index (χ4n) is 3.35. The summed E-state index contributed by atoms with van der Waals surface area (Å²) in [5.74, 6) is 0.834. The number of fused-ring (bicyclic) bond motifs is 1. The summed E-state index contributed by atoms with van der Waals surface area (Å²) < 4.78 is 7.65. The molecule has 0 unspecified atom stereocenters. The minimum atomic E-state index is -0.140. The molecule has 8 nitrogen and oxygen atoms in total. The molecule has 4 rings (SSSR count). The van der Waals surface area contributed by atoms with Crippen molar-refractivity contribution >= 4 is 23.0 Å². The first-order valence-corrected chi connectivity index (χ1v) is 9.17. The third kappa shape index (κ3) is 3.50. The number of hydrogen-bond donors (Lipinski definition) is 1. The molecule has 1 aliphatic rings. The molecule has 8 heteroatoms. The monoisotopic (exact) mass is 389 g/mol. The summed E-state index contributed by atoms with van der Waals surface area (Å²) in [5.41, 5.74) is 2.71. The van der Waals surface area contributed by atoms with E-state index in [0.717, 1.165) is 5.56 Å². The van der Waals surface area contributed by atoms with Crippen molar-refractivity contribution in [1.29, 1.82) is 5.26 Å². The van der Waals surface area contributed by atoms with Gasteiger partial charge in [-0.1, -0.05) is 0 Å². The van der Waals surface area contributed by atoms with E-state index in [4.69, 9.17) is 10.00 Å². The van der Waals surface area contributed by atoms with Crippen LogP contribution in [0.4, 0.5) is 5.69 Å². The summed E-state index contributed by atoms with van der Waals surface area (Å²) in [6.45, 7) is 4.22. The Balaban J connectivity index is 1.61. The molecule has 3 heterocycles. The lowest BCUT2D eigenvalue weighted by atomic mass is 10.0. The number of nitrogens with one attached hydrogen (secondary N) is 1. The van der Waals surface area contributed by atoms with Crippen LogP contribution in [-0.2, 0) is 4.79 Å².